The summed E-state index contributed by atoms with van der Waals surface area (Å²) < 4.78 is 34.3. The highest BCUT2D eigenvalue weighted by atomic mass is 19.3. The second-order valence-corrected chi connectivity index (χ2v) is 9.83. The molecule has 4 heteroatoms. The summed E-state index contributed by atoms with van der Waals surface area (Å²) in [6, 6.07) is 9.00. The van der Waals surface area contributed by atoms with Gasteiger partial charge in [-0.1, -0.05) is 57.4 Å². The number of benzene rings is 1. The first-order valence-corrected chi connectivity index (χ1v) is 12.6. The third kappa shape index (κ3) is 6.76. The van der Waals surface area contributed by atoms with Crippen LogP contribution in [0.3, 0.4) is 0 Å². The number of halogens is 2. The quantitative estimate of drug-likeness (QED) is 0.292. The second-order valence-electron chi connectivity index (χ2n) is 9.83. The Balaban J connectivity index is 1.44. The van der Waals surface area contributed by atoms with E-state index in [0.29, 0.717) is 25.2 Å². The number of alkyl halides is 2. The summed E-state index contributed by atoms with van der Waals surface area (Å²) in [6.45, 7) is 4.17. The molecular formula is C27H40F2O2. The highest BCUT2D eigenvalue weighted by Gasteiger charge is 2.46. The highest BCUT2D eigenvalue weighted by molar-refractivity contribution is 5.72. The molecule has 0 N–H and O–H groups in total. The summed E-state index contributed by atoms with van der Waals surface area (Å²) in [7, 11) is 0. The van der Waals surface area contributed by atoms with Crippen molar-refractivity contribution in [2.75, 3.05) is 0 Å². The molecule has 3 rings (SSSR count). The van der Waals surface area contributed by atoms with Gasteiger partial charge in [-0.05, 0) is 74.8 Å². The molecule has 0 spiro atoms. The van der Waals surface area contributed by atoms with Crippen molar-refractivity contribution >= 4 is 5.97 Å². The maximum atomic E-state index is 14.4. The minimum Gasteiger partial charge on any atom is -0.462 e. The van der Waals surface area contributed by atoms with Gasteiger partial charge >= 0.3 is 5.97 Å². The number of hydrogen-bond acceptors (Lipinski definition) is 2. The van der Waals surface area contributed by atoms with Crippen LogP contribution in [0.2, 0.25) is 0 Å². The summed E-state index contributed by atoms with van der Waals surface area (Å²) in [6.07, 6.45) is 9.87. The Bertz CT molecular complexity index is 677. The summed E-state index contributed by atoms with van der Waals surface area (Å²) in [5.41, 5.74) is 2.76. The van der Waals surface area contributed by atoms with E-state index >= 15 is 0 Å². The molecule has 2 atom stereocenters. The average molecular weight is 435 g/mol. The summed E-state index contributed by atoms with van der Waals surface area (Å²) in [4.78, 5) is 12.6. The lowest BCUT2D eigenvalue weighted by molar-refractivity contribution is -0.171. The van der Waals surface area contributed by atoms with Crippen molar-refractivity contribution in [2.24, 2.45) is 11.8 Å². The van der Waals surface area contributed by atoms with Gasteiger partial charge in [-0.25, -0.2) is 8.78 Å². The van der Waals surface area contributed by atoms with Crippen molar-refractivity contribution in [3.63, 3.8) is 0 Å². The van der Waals surface area contributed by atoms with Gasteiger partial charge in [0.2, 0.25) is 0 Å². The van der Waals surface area contributed by atoms with Crippen molar-refractivity contribution in [3.8, 4) is 0 Å². The third-order valence-corrected chi connectivity index (χ3v) is 7.43. The van der Waals surface area contributed by atoms with Crippen LogP contribution in [0.15, 0.2) is 24.3 Å². The zero-order valence-corrected chi connectivity index (χ0v) is 19.4. The van der Waals surface area contributed by atoms with Crippen molar-refractivity contribution in [1.82, 2.24) is 0 Å². The molecule has 0 aromatic heterocycles. The number of aryl methyl sites for hydroxylation is 1. The van der Waals surface area contributed by atoms with Gasteiger partial charge in [0, 0.05) is 12.3 Å². The monoisotopic (exact) mass is 434 g/mol. The van der Waals surface area contributed by atoms with Crippen LogP contribution in [-0.2, 0) is 16.0 Å². The molecule has 0 heterocycles. The Morgan fingerprint density at radius 2 is 1.68 bits per heavy atom. The maximum Gasteiger partial charge on any atom is 0.309 e. The standard InChI is InChI=1S/C27H40F2O2/c1-3-5-6-8-20-9-11-21(12-10-20)22-13-15-23(16-14-22)26(30)31-25-18-17-24(7-4-2)27(28,29)19-25/h9-12,22-25H,3-8,13-19H2,1-2H3. The zero-order valence-electron chi connectivity index (χ0n) is 19.4. The van der Waals surface area contributed by atoms with Gasteiger partial charge in [-0.15, -0.1) is 0 Å². The molecule has 31 heavy (non-hydrogen) atoms. The molecule has 174 valence electrons. The fraction of sp³-hybridized carbons (Fsp3) is 0.741. The third-order valence-electron chi connectivity index (χ3n) is 7.43. The van der Waals surface area contributed by atoms with Crippen LogP contribution in [0.1, 0.15) is 108 Å². The Kier molecular flexibility index (Phi) is 8.92. The lowest BCUT2D eigenvalue weighted by Crippen LogP contribution is -2.40. The van der Waals surface area contributed by atoms with Crippen molar-refractivity contribution < 1.29 is 18.3 Å². The van der Waals surface area contributed by atoms with E-state index in [2.05, 4.69) is 31.2 Å². The van der Waals surface area contributed by atoms with Crippen molar-refractivity contribution in [2.45, 2.75) is 115 Å². The Hall–Kier alpha value is -1.45. The second kappa shape index (κ2) is 11.4. The number of unbranched alkanes of at least 4 members (excludes halogenated alkanes) is 2. The highest BCUT2D eigenvalue weighted by Crippen LogP contribution is 2.43. The fourth-order valence-electron chi connectivity index (χ4n) is 5.43. The molecule has 0 amide bonds. The zero-order chi connectivity index (χ0) is 22.3. The Morgan fingerprint density at radius 1 is 0.968 bits per heavy atom. The van der Waals surface area contributed by atoms with E-state index in [1.165, 1.54) is 30.4 Å². The van der Waals surface area contributed by atoms with Gasteiger partial charge < -0.3 is 4.74 Å². The van der Waals surface area contributed by atoms with E-state index in [9.17, 15) is 13.6 Å². The number of carbonyl (C=O) groups excluding carboxylic acids is 1. The average Bonchev–Trinajstić information content (AvgIpc) is 2.76. The first-order chi connectivity index (χ1) is 14.9. The van der Waals surface area contributed by atoms with E-state index in [0.717, 1.165) is 38.5 Å². The molecule has 0 saturated heterocycles. The van der Waals surface area contributed by atoms with Crippen LogP contribution >= 0.6 is 0 Å². The van der Waals surface area contributed by atoms with Gasteiger partial charge in [-0.2, -0.15) is 0 Å². The Morgan fingerprint density at radius 3 is 2.29 bits per heavy atom. The minimum atomic E-state index is -2.71. The predicted octanol–water partition coefficient (Wildman–Crippen LogP) is 7.84. The molecule has 2 nitrogen and oxygen atoms in total. The van der Waals surface area contributed by atoms with Gasteiger partial charge in [0.25, 0.3) is 5.92 Å². The molecule has 2 aliphatic carbocycles. The van der Waals surface area contributed by atoms with Crippen LogP contribution in [0.4, 0.5) is 8.78 Å². The summed E-state index contributed by atoms with van der Waals surface area (Å²) >= 11 is 0. The molecule has 0 aliphatic heterocycles. The summed E-state index contributed by atoms with van der Waals surface area (Å²) in [5, 5.41) is 0. The first-order valence-electron chi connectivity index (χ1n) is 12.6. The molecule has 2 saturated carbocycles. The topological polar surface area (TPSA) is 26.3 Å². The summed E-state index contributed by atoms with van der Waals surface area (Å²) in [5.74, 6) is -3.16. The predicted molar refractivity (Wildman–Crippen MR) is 121 cm³/mol. The molecule has 2 aliphatic rings. The molecular weight excluding hydrogens is 394 g/mol. The molecule has 0 bridgehead atoms. The van der Waals surface area contributed by atoms with E-state index in [1.54, 1.807) is 0 Å². The molecule has 2 unspecified atom stereocenters. The van der Waals surface area contributed by atoms with Crippen LogP contribution in [-0.4, -0.2) is 18.0 Å². The van der Waals surface area contributed by atoms with E-state index < -0.39 is 17.9 Å². The lowest BCUT2D eigenvalue weighted by atomic mass is 9.78. The Labute approximate surface area is 187 Å². The van der Waals surface area contributed by atoms with Crippen LogP contribution < -0.4 is 0 Å². The van der Waals surface area contributed by atoms with E-state index in [-0.39, 0.29) is 18.3 Å². The van der Waals surface area contributed by atoms with Gasteiger partial charge in [-0.3, -0.25) is 4.79 Å². The lowest BCUT2D eigenvalue weighted by Gasteiger charge is -2.36. The molecule has 1 aromatic carbocycles. The number of ether oxygens (including phenoxy) is 1. The molecule has 2 fully saturated rings. The largest absolute Gasteiger partial charge is 0.462 e. The smallest absolute Gasteiger partial charge is 0.309 e. The SMILES string of the molecule is CCCCCc1ccc(C2CCC(C(=O)OC3CCC(CCC)C(F)(F)C3)CC2)cc1. The minimum absolute atomic E-state index is 0.133. The van der Waals surface area contributed by atoms with Crippen LogP contribution in [0, 0.1) is 11.8 Å². The van der Waals surface area contributed by atoms with Gasteiger partial charge in [0.1, 0.15) is 6.10 Å². The number of rotatable bonds is 9. The maximum absolute atomic E-state index is 14.4. The van der Waals surface area contributed by atoms with Crippen molar-refractivity contribution in [3.05, 3.63) is 35.4 Å². The van der Waals surface area contributed by atoms with E-state index in [4.69, 9.17) is 4.74 Å². The van der Waals surface area contributed by atoms with E-state index in [1.807, 2.05) is 6.92 Å². The first kappa shape index (κ1) is 24.2. The van der Waals surface area contributed by atoms with Crippen molar-refractivity contribution in [1.29, 1.82) is 0 Å². The van der Waals surface area contributed by atoms with Gasteiger partial charge in [0.05, 0.1) is 5.92 Å². The molecule has 1 aromatic rings. The van der Waals surface area contributed by atoms with Crippen LogP contribution in [0.25, 0.3) is 0 Å². The normalized spacial score (nSPS) is 28.3. The number of esters is 1. The van der Waals surface area contributed by atoms with Crippen LogP contribution in [0.5, 0.6) is 0 Å². The fourth-order valence-corrected chi connectivity index (χ4v) is 5.43. The number of carbonyl (C=O) groups is 1. The molecule has 0 radical (unpaired) electrons. The number of hydrogen-bond donors (Lipinski definition) is 0. The van der Waals surface area contributed by atoms with Gasteiger partial charge in [0.15, 0.2) is 0 Å².